The Balaban J connectivity index is 1.78. The molecule has 1 unspecified atom stereocenters. The van der Waals surface area contributed by atoms with Gasteiger partial charge in [0.05, 0.1) is 39.0 Å². The third-order valence-electron chi connectivity index (χ3n) is 6.83. The lowest BCUT2D eigenvalue weighted by molar-refractivity contribution is -0.140. The number of benzene rings is 2. The van der Waals surface area contributed by atoms with Crippen molar-refractivity contribution in [2.24, 2.45) is 0 Å². The summed E-state index contributed by atoms with van der Waals surface area (Å²) in [5, 5.41) is 11.4. The van der Waals surface area contributed by atoms with Crippen LogP contribution in [0.2, 0.25) is 0 Å². The second-order valence-electron chi connectivity index (χ2n) is 9.14. The monoisotopic (exact) mass is 522 g/mol. The average molecular weight is 523 g/mol. The van der Waals surface area contributed by atoms with Crippen molar-refractivity contribution in [1.82, 2.24) is 9.80 Å². The summed E-state index contributed by atoms with van der Waals surface area (Å²) in [6.45, 7) is 9.46. The minimum atomic E-state index is -0.805. The molecule has 2 saturated heterocycles. The fraction of sp³-hybridized carbons (Fsp3) is 0.379. The predicted molar refractivity (Wildman–Crippen MR) is 143 cm³/mol. The molecular weight excluding hydrogens is 488 g/mol. The van der Waals surface area contributed by atoms with Crippen LogP contribution < -0.4 is 14.2 Å². The minimum absolute atomic E-state index is 0.0309. The Morgan fingerprint density at radius 1 is 1.05 bits per heavy atom. The van der Waals surface area contributed by atoms with Crippen LogP contribution in [0.1, 0.15) is 22.7 Å². The molecule has 1 N–H and O–H groups in total. The van der Waals surface area contributed by atoms with Gasteiger partial charge in [0.2, 0.25) is 0 Å². The van der Waals surface area contributed by atoms with E-state index in [0.29, 0.717) is 61.3 Å². The number of aryl methyl sites for hydroxylation is 1. The van der Waals surface area contributed by atoms with Gasteiger partial charge in [-0.25, -0.2) is 0 Å². The number of ether oxygens (including phenoxy) is 4. The van der Waals surface area contributed by atoms with Gasteiger partial charge in [0.1, 0.15) is 18.1 Å². The maximum absolute atomic E-state index is 13.4. The molecule has 2 aromatic carbocycles. The molecule has 2 fully saturated rings. The van der Waals surface area contributed by atoms with Crippen molar-refractivity contribution in [3.63, 3.8) is 0 Å². The number of aliphatic hydroxyl groups is 1. The highest BCUT2D eigenvalue weighted by molar-refractivity contribution is 6.46. The second-order valence-corrected chi connectivity index (χ2v) is 9.14. The lowest BCUT2D eigenvalue weighted by atomic mass is 9.94. The number of nitrogens with zero attached hydrogens (tertiary/aromatic N) is 2. The summed E-state index contributed by atoms with van der Waals surface area (Å²) in [6.07, 6.45) is 1.63. The largest absolute Gasteiger partial charge is 0.507 e. The summed E-state index contributed by atoms with van der Waals surface area (Å²) < 4.78 is 22.0. The molecule has 1 atom stereocenters. The van der Waals surface area contributed by atoms with E-state index in [9.17, 15) is 14.7 Å². The first-order valence-corrected chi connectivity index (χ1v) is 12.5. The van der Waals surface area contributed by atoms with Crippen LogP contribution in [0, 0.1) is 6.92 Å². The van der Waals surface area contributed by atoms with Gasteiger partial charge in [-0.05, 0) is 48.4 Å². The number of hydrogen-bond acceptors (Lipinski definition) is 8. The number of morpholine rings is 1. The van der Waals surface area contributed by atoms with Crippen molar-refractivity contribution in [2.75, 3.05) is 60.2 Å². The van der Waals surface area contributed by atoms with E-state index in [1.54, 1.807) is 49.6 Å². The first-order valence-electron chi connectivity index (χ1n) is 12.5. The van der Waals surface area contributed by atoms with Gasteiger partial charge in [-0.1, -0.05) is 18.7 Å². The SMILES string of the molecule is C=CCOc1ccc(C2C(=C(O)c3ccc(OC)c(C)c3)C(=O)C(=O)N2CCN2CCOCC2)cc1OC. The number of Topliss-reactive ketones (excluding diaryl/α,β-unsaturated/α-hetero) is 1. The summed E-state index contributed by atoms with van der Waals surface area (Å²) in [5.74, 6) is -0.00617. The Labute approximate surface area is 222 Å². The van der Waals surface area contributed by atoms with E-state index >= 15 is 0 Å². The van der Waals surface area contributed by atoms with Gasteiger partial charge in [0.15, 0.2) is 11.5 Å². The van der Waals surface area contributed by atoms with Crippen LogP contribution in [0.5, 0.6) is 17.2 Å². The number of carbonyl (C=O) groups is 2. The van der Waals surface area contributed by atoms with Crippen LogP contribution in [-0.2, 0) is 14.3 Å². The number of amides is 1. The van der Waals surface area contributed by atoms with Crippen LogP contribution in [0.3, 0.4) is 0 Å². The minimum Gasteiger partial charge on any atom is -0.507 e. The van der Waals surface area contributed by atoms with E-state index in [4.69, 9.17) is 18.9 Å². The van der Waals surface area contributed by atoms with Gasteiger partial charge >= 0.3 is 0 Å². The third-order valence-corrected chi connectivity index (χ3v) is 6.83. The van der Waals surface area contributed by atoms with Crippen molar-refractivity contribution in [3.05, 3.63) is 71.3 Å². The van der Waals surface area contributed by atoms with E-state index in [0.717, 1.165) is 18.7 Å². The summed E-state index contributed by atoms with van der Waals surface area (Å²) >= 11 is 0. The topological polar surface area (TPSA) is 97.8 Å². The fourth-order valence-corrected chi connectivity index (χ4v) is 4.83. The van der Waals surface area contributed by atoms with E-state index < -0.39 is 17.7 Å². The average Bonchev–Trinajstić information content (AvgIpc) is 3.19. The zero-order chi connectivity index (χ0) is 27.2. The Kier molecular flexibility index (Phi) is 8.70. The van der Waals surface area contributed by atoms with E-state index in [1.165, 1.54) is 12.0 Å². The molecule has 202 valence electrons. The van der Waals surface area contributed by atoms with Crippen LogP contribution >= 0.6 is 0 Å². The zero-order valence-corrected chi connectivity index (χ0v) is 22.1. The first-order chi connectivity index (χ1) is 18.4. The highest BCUT2D eigenvalue weighted by atomic mass is 16.5. The molecule has 0 spiro atoms. The molecule has 0 saturated carbocycles. The quantitative estimate of drug-likeness (QED) is 0.220. The Morgan fingerprint density at radius 2 is 1.76 bits per heavy atom. The smallest absolute Gasteiger partial charge is 0.295 e. The number of carbonyl (C=O) groups excluding carboxylic acids is 2. The molecule has 4 rings (SSSR count). The Bertz CT molecular complexity index is 1230. The molecular formula is C29H34N2O7. The number of likely N-dealkylation sites (tertiary alicyclic amines) is 1. The third kappa shape index (κ3) is 5.54. The summed E-state index contributed by atoms with van der Waals surface area (Å²) in [6, 6.07) is 9.58. The zero-order valence-electron chi connectivity index (χ0n) is 22.1. The Morgan fingerprint density at radius 3 is 2.42 bits per heavy atom. The summed E-state index contributed by atoms with van der Waals surface area (Å²) in [7, 11) is 3.09. The number of rotatable bonds is 10. The van der Waals surface area contributed by atoms with Gasteiger partial charge in [-0.2, -0.15) is 0 Å². The number of methoxy groups -OCH3 is 2. The van der Waals surface area contributed by atoms with E-state index in [2.05, 4.69) is 11.5 Å². The molecule has 0 radical (unpaired) electrons. The van der Waals surface area contributed by atoms with Crippen molar-refractivity contribution >= 4 is 17.4 Å². The number of aliphatic hydroxyl groups excluding tert-OH is 1. The summed E-state index contributed by atoms with van der Waals surface area (Å²) in [5.41, 5.74) is 1.88. The standard InChI is InChI=1S/C29H34N2O7/c1-5-14-38-23-9-6-20(18-24(23)36-4)26-25(27(32)21-7-8-22(35-3)19(2)17-21)28(33)29(34)31(26)11-10-30-12-15-37-16-13-30/h5-9,17-18,26,32H,1,10-16H2,2-4H3. The molecule has 2 aromatic rings. The van der Waals surface area contributed by atoms with Crippen molar-refractivity contribution in [3.8, 4) is 17.2 Å². The molecule has 9 nitrogen and oxygen atoms in total. The summed E-state index contributed by atoms with van der Waals surface area (Å²) in [4.78, 5) is 30.5. The normalized spacial score (nSPS) is 19.4. The van der Waals surface area contributed by atoms with Gasteiger partial charge < -0.3 is 29.0 Å². The second kappa shape index (κ2) is 12.1. The lowest BCUT2D eigenvalue weighted by Gasteiger charge is -2.31. The first kappa shape index (κ1) is 27.2. The van der Waals surface area contributed by atoms with Crippen LogP contribution in [0.25, 0.3) is 5.76 Å². The highest BCUT2D eigenvalue weighted by Crippen LogP contribution is 2.42. The maximum atomic E-state index is 13.4. The maximum Gasteiger partial charge on any atom is 0.295 e. The lowest BCUT2D eigenvalue weighted by Crippen LogP contribution is -2.42. The predicted octanol–water partition coefficient (Wildman–Crippen LogP) is 3.33. The highest BCUT2D eigenvalue weighted by Gasteiger charge is 2.46. The molecule has 1 amide bonds. The molecule has 0 aromatic heterocycles. The molecule has 9 heteroatoms. The van der Waals surface area contributed by atoms with E-state index in [1.807, 2.05) is 6.92 Å². The molecule has 0 aliphatic carbocycles. The van der Waals surface area contributed by atoms with Crippen molar-refractivity contribution < 1.29 is 33.6 Å². The van der Waals surface area contributed by atoms with Crippen molar-refractivity contribution in [1.29, 1.82) is 0 Å². The van der Waals surface area contributed by atoms with E-state index in [-0.39, 0.29) is 11.3 Å². The Hall–Kier alpha value is -3.82. The molecule has 38 heavy (non-hydrogen) atoms. The molecule has 2 aliphatic heterocycles. The fourth-order valence-electron chi connectivity index (χ4n) is 4.83. The number of ketones is 1. The van der Waals surface area contributed by atoms with Crippen LogP contribution in [-0.4, -0.2) is 86.8 Å². The van der Waals surface area contributed by atoms with Gasteiger partial charge in [0.25, 0.3) is 11.7 Å². The molecule has 2 aliphatic rings. The van der Waals surface area contributed by atoms with Crippen molar-refractivity contribution in [2.45, 2.75) is 13.0 Å². The van der Waals surface area contributed by atoms with Gasteiger partial charge in [-0.15, -0.1) is 0 Å². The van der Waals surface area contributed by atoms with Crippen LogP contribution in [0.4, 0.5) is 0 Å². The number of hydrogen-bond donors (Lipinski definition) is 1. The van der Waals surface area contributed by atoms with Gasteiger partial charge in [-0.3, -0.25) is 14.5 Å². The van der Waals surface area contributed by atoms with Gasteiger partial charge in [0, 0.05) is 31.7 Å². The van der Waals surface area contributed by atoms with Crippen LogP contribution in [0.15, 0.2) is 54.6 Å². The molecule has 0 bridgehead atoms. The molecule has 2 heterocycles.